The monoisotopic (exact) mass is 294 g/mol. The van der Waals surface area contributed by atoms with E-state index in [1.54, 1.807) is 12.1 Å². The van der Waals surface area contributed by atoms with E-state index in [1.165, 1.54) is 0 Å². The van der Waals surface area contributed by atoms with Crippen LogP contribution in [-0.2, 0) is 20.9 Å². The lowest BCUT2D eigenvalue weighted by Crippen LogP contribution is -2.32. The van der Waals surface area contributed by atoms with Crippen LogP contribution < -0.4 is 11.1 Å². The minimum Gasteiger partial charge on any atom is -0.480 e. The molecule has 1 atom stereocenters. The number of carboxylic acid groups (broad SMARTS) is 1. The van der Waals surface area contributed by atoms with Crippen LogP contribution in [0.25, 0.3) is 0 Å². The van der Waals surface area contributed by atoms with Crippen molar-refractivity contribution < 1.29 is 24.2 Å². The van der Waals surface area contributed by atoms with Gasteiger partial charge in [0.2, 0.25) is 5.91 Å². The fraction of sp³-hybridized carbons (Fsp3) is 0.357. The van der Waals surface area contributed by atoms with Crippen LogP contribution in [-0.4, -0.2) is 29.1 Å². The molecular formula is C14H18N2O5. The van der Waals surface area contributed by atoms with Crippen molar-refractivity contribution in [1.82, 2.24) is 5.32 Å². The van der Waals surface area contributed by atoms with Crippen molar-refractivity contribution in [3.63, 3.8) is 0 Å². The predicted molar refractivity (Wildman–Crippen MR) is 74.2 cm³/mol. The maximum absolute atomic E-state index is 11.4. The predicted octanol–water partition coefficient (Wildman–Crippen LogP) is 1.02. The minimum atomic E-state index is -1.11. The second-order valence-corrected chi connectivity index (χ2v) is 4.45. The van der Waals surface area contributed by atoms with Gasteiger partial charge < -0.3 is 15.6 Å². The highest BCUT2D eigenvalue weighted by molar-refractivity contribution is 5.91. The number of alkyl carbamates (subject to hydrolysis) is 1. The summed E-state index contributed by atoms with van der Waals surface area (Å²) in [5.41, 5.74) is 6.11. The van der Waals surface area contributed by atoms with Gasteiger partial charge in [-0.15, -0.1) is 0 Å². The molecule has 1 rings (SSSR count). The first kappa shape index (κ1) is 16.6. The molecule has 1 aromatic rings. The molecule has 0 aliphatic carbocycles. The van der Waals surface area contributed by atoms with Crippen LogP contribution in [0.2, 0.25) is 0 Å². The normalized spacial score (nSPS) is 11.5. The third kappa shape index (κ3) is 7.07. The van der Waals surface area contributed by atoms with E-state index in [9.17, 15) is 14.4 Å². The lowest BCUT2D eigenvalue weighted by molar-refractivity contribution is -0.138. The molecule has 0 radical (unpaired) electrons. The van der Waals surface area contributed by atoms with Crippen LogP contribution in [0.1, 0.15) is 24.8 Å². The van der Waals surface area contributed by atoms with Crippen molar-refractivity contribution in [2.45, 2.75) is 31.9 Å². The molecule has 0 bridgehead atoms. The molecule has 0 unspecified atom stereocenters. The number of rotatable bonds is 7. The molecule has 0 aliphatic heterocycles. The number of amides is 2. The largest absolute Gasteiger partial charge is 0.480 e. The zero-order valence-corrected chi connectivity index (χ0v) is 11.5. The summed E-state index contributed by atoms with van der Waals surface area (Å²) in [7, 11) is 0. The molecule has 0 aliphatic rings. The van der Waals surface area contributed by atoms with Gasteiger partial charge in [0, 0.05) is 6.42 Å². The standard InChI is InChI=1S/C14H18N2O5/c15-11(13(18)19)7-4-8-12(17)16-14(20)21-9-10-5-2-1-3-6-10/h1-3,5-6,11H,4,7-9,15H2,(H,18,19)(H,16,17,20)/t11-/m0/s1. The van der Waals surface area contributed by atoms with Crippen LogP contribution in [0.15, 0.2) is 30.3 Å². The SMILES string of the molecule is N[C@@H](CCCC(=O)NC(=O)OCc1ccccc1)C(=O)O. The summed E-state index contributed by atoms with van der Waals surface area (Å²) >= 11 is 0. The first-order chi connectivity index (χ1) is 9.99. The van der Waals surface area contributed by atoms with Gasteiger partial charge in [-0.25, -0.2) is 4.79 Å². The van der Waals surface area contributed by atoms with Gasteiger partial charge in [0.25, 0.3) is 0 Å². The Bertz CT molecular complexity index is 489. The number of imide groups is 1. The maximum atomic E-state index is 11.4. The Balaban J connectivity index is 2.19. The van der Waals surface area contributed by atoms with Gasteiger partial charge in [0.1, 0.15) is 12.6 Å². The van der Waals surface area contributed by atoms with Gasteiger partial charge in [0.15, 0.2) is 0 Å². The fourth-order valence-electron chi connectivity index (χ4n) is 1.54. The van der Waals surface area contributed by atoms with Crippen molar-refractivity contribution >= 4 is 18.0 Å². The number of ether oxygens (including phenoxy) is 1. The van der Waals surface area contributed by atoms with Gasteiger partial charge in [0.05, 0.1) is 0 Å². The summed E-state index contributed by atoms with van der Waals surface area (Å²) in [6.07, 6.45) is -0.361. The van der Waals surface area contributed by atoms with Crippen molar-refractivity contribution in [2.75, 3.05) is 0 Å². The summed E-state index contributed by atoms with van der Waals surface area (Å²) in [6.45, 7) is 0.0733. The molecule has 7 nitrogen and oxygen atoms in total. The summed E-state index contributed by atoms with van der Waals surface area (Å²) in [5, 5.41) is 10.6. The molecular weight excluding hydrogens is 276 g/mol. The lowest BCUT2D eigenvalue weighted by atomic mass is 10.1. The number of carbonyl (C=O) groups is 3. The number of aliphatic carboxylic acids is 1. The number of hydrogen-bond acceptors (Lipinski definition) is 5. The highest BCUT2D eigenvalue weighted by Crippen LogP contribution is 2.02. The van der Waals surface area contributed by atoms with Gasteiger partial charge in [-0.1, -0.05) is 30.3 Å². The molecule has 21 heavy (non-hydrogen) atoms. The van der Waals surface area contributed by atoms with Crippen LogP contribution in [0.5, 0.6) is 0 Å². The molecule has 0 aromatic heterocycles. The Morgan fingerprint density at radius 3 is 2.52 bits per heavy atom. The number of nitrogens with one attached hydrogen (secondary N) is 1. The number of hydrogen-bond donors (Lipinski definition) is 3. The zero-order chi connectivity index (χ0) is 15.7. The zero-order valence-electron chi connectivity index (χ0n) is 11.5. The number of benzene rings is 1. The Morgan fingerprint density at radius 1 is 1.24 bits per heavy atom. The van der Waals surface area contributed by atoms with E-state index in [4.69, 9.17) is 15.6 Å². The average molecular weight is 294 g/mol. The molecule has 0 spiro atoms. The summed E-state index contributed by atoms with van der Waals surface area (Å²) in [6, 6.07) is 8.06. The second kappa shape index (κ2) is 8.70. The first-order valence-electron chi connectivity index (χ1n) is 6.48. The third-order valence-corrected chi connectivity index (χ3v) is 2.69. The first-order valence-corrected chi connectivity index (χ1v) is 6.48. The lowest BCUT2D eigenvalue weighted by Gasteiger charge is -2.07. The Kier molecular flexibility index (Phi) is 6.90. The van der Waals surface area contributed by atoms with E-state index in [0.717, 1.165) is 5.56 Å². The molecule has 0 saturated heterocycles. The minimum absolute atomic E-state index is 0.0153. The molecule has 114 valence electrons. The maximum Gasteiger partial charge on any atom is 0.414 e. The highest BCUT2D eigenvalue weighted by atomic mass is 16.5. The number of carbonyl (C=O) groups excluding carboxylic acids is 2. The van der Waals surface area contributed by atoms with Gasteiger partial charge in [-0.3, -0.25) is 14.9 Å². The van der Waals surface area contributed by atoms with Crippen LogP contribution in [0.4, 0.5) is 4.79 Å². The van der Waals surface area contributed by atoms with Crippen molar-refractivity contribution in [2.24, 2.45) is 5.73 Å². The van der Waals surface area contributed by atoms with E-state index < -0.39 is 24.0 Å². The third-order valence-electron chi connectivity index (χ3n) is 2.69. The topological polar surface area (TPSA) is 119 Å². The number of carboxylic acids is 1. The summed E-state index contributed by atoms with van der Waals surface area (Å²) in [4.78, 5) is 33.2. The summed E-state index contributed by atoms with van der Waals surface area (Å²) < 4.78 is 4.87. The van der Waals surface area contributed by atoms with E-state index in [0.29, 0.717) is 0 Å². The van der Waals surface area contributed by atoms with Crippen LogP contribution in [0, 0.1) is 0 Å². The van der Waals surface area contributed by atoms with E-state index in [1.807, 2.05) is 18.2 Å². The molecule has 1 aromatic carbocycles. The van der Waals surface area contributed by atoms with E-state index in [2.05, 4.69) is 5.32 Å². The molecule has 4 N–H and O–H groups in total. The molecule has 2 amide bonds. The van der Waals surface area contributed by atoms with E-state index >= 15 is 0 Å². The fourth-order valence-corrected chi connectivity index (χ4v) is 1.54. The molecule has 0 fully saturated rings. The Labute approximate surface area is 122 Å². The smallest absolute Gasteiger partial charge is 0.414 e. The Hall–Kier alpha value is -2.41. The quantitative estimate of drug-likeness (QED) is 0.691. The average Bonchev–Trinajstić information content (AvgIpc) is 2.46. The summed E-state index contributed by atoms with van der Waals surface area (Å²) in [5.74, 6) is -1.64. The highest BCUT2D eigenvalue weighted by Gasteiger charge is 2.13. The van der Waals surface area contributed by atoms with Crippen molar-refractivity contribution in [1.29, 1.82) is 0 Å². The van der Waals surface area contributed by atoms with Crippen LogP contribution in [0.3, 0.4) is 0 Å². The van der Waals surface area contributed by atoms with Gasteiger partial charge in [-0.2, -0.15) is 0 Å². The van der Waals surface area contributed by atoms with Crippen molar-refractivity contribution in [3.05, 3.63) is 35.9 Å². The van der Waals surface area contributed by atoms with Gasteiger partial charge in [-0.05, 0) is 18.4 Å². The molecule has 7 heteroatoms. The van der Waals surface area contributed by atoms with Gasteiger partial charge >= 0.3 is 12.1 Å². The van der Waals surface area contributed by atoms with E-state index in [-0.39, 0.29) is 25.9 Å². The number of nitrogens with two attached hydrogens (primary N) is 1. The van der Waals surface area contributed by atoms with Crippen molar-refractivity contribution in [3.8, 4) is 0 Å². The molecule has 0 saturated carbocycles. The Morgan fingerprint density at radius 2 is 1.90 bits per heavy atom. The second-order valence-electron chi connectivity index (χ2n) is 4.45. The van der Waals surface area contributed by atoms with Crippen LogP contribution >= 0.6 is 0 Å². The molecule has 0 heterocycles.